The highest BCUT2D eigenvalue weighted by molar-refractivity contribution is 8.18. The third kappa shape index (κ3) is 4.07. The maximum absolute atomic E-state index is 12.2. The van der Waals surface area contributed by atoms with Gasteiger partial charge in [-0.3, -0.25) is 9.79 Å². The van der Waals surface area contributed by atoms with E-state index in [0.717, 1.165) is 54.8 Å². The van der Waals surface area contributed by atoms with Gasteiger partial charge >= 0.3 is 0 Å². The fourth-order valence-electron chi connectivity index (χ4n) is 3.44. The lowest BCUT2D eigenvalue weighted by atomic mass is 10.1. The van der Waals surface area contributed by atoms with E-state index in [-0.39, 0.29) is 5.91 Å². The number of carbonyl (C=O) groups is 1. The van der Waals surface area contributed by atoms with Crippen LogP contribution in [0.3, 0.4) is 0 Å². The van der Waals surface area contributed by atoms with Gasteiger partial charge in [0.1, 0.15) is 0 Å². The van der Waals surface area contributed by atoms with Crippen LogP contribution in [0.2, 0.25) is 0 Å². The lowest BCUT2D eigenvalue weighted by Crippen LogP contribution is -2.36. The summed E-state index contributed by atoms with van der Waals surface area (Å²) in [5.41, 5.74) is 2.24. The van der Waals surface area contributed by atoms with E-state index >= 15 is 0 Å². The van der Waals surface area contributed by atoms with Crippen LogP contribution in [-0.2, 0) is 9.53 Å². The zero-order chi connectivity index (χ0) is 17.1. The molecule has 2 saturated heterocycles. The van der Waals surface area contributed by atoms with E-state index in [9.17, 15) is 4.79 Å². The second-order valence-corrected chi connectivity index (χ2v) is 7.66. The Morgan fingerprint density at radius 1 is 1.16 bits per heavy atom. The molecule has 25 heavy (non-hydrogen) atoms. The predicted molar refractivity (Wildman–Crippen MR) is 103 cm³/mol. The van der Waals surface area contributed by atoms with Crippen LogP contribution < -0.4 is 10.2 Å². The third-order valence-electron chi connectivity index (χ3n) is 4.84. The molecule has 1 amide bonds. The zero-order valence-corrected chi connectivity index (χ0v) is 15.1. The summed E-state index contributed by atoms with van der Waals surface area (Å²) in [4.78, 5) is 19.9. The molecule has 1 aliphatic carbocycles. The highest BCUT2D eigenvalue weighted by atomic mass is 32.2. The first-order chi connectivity index (χ1) is 12.3. The average Bonchev–Trinajstić information content (AvgIpc) is 3.27. The Labute approximate surface area is 152 Å². The summed E-state index contributed by atoms with van der Waals surface area (Å²) in [6.07, 6.45) is 6.72. The summed E-state index contributed by atoms with van der Waals surface area (Å²) < 4.78 is 5.39. The molecule has 0 radical (unpaired) electrons. The third-order valence-corrected chi connectivity index (χ3v) is 5.77. The summed E-state index contributed by atoms with van der Waals surface area (Å²) in [7, 11) is 0. The number of rotatable bonds is 3. The van der Waals surface area contributed by atoms with Crippen LogP contribution in [0.1, 0.15) is 31.2 Å². The lowest BCUT2D eigenvalue weighted by Gasteiger charge is -2.28. The molecule has 0 aromatic heterocycles. The molecule has 0 atom stereocenters. The smallest absolute Gasteiger partial charge is 0.264 e. The Morgan fingerprint density at radius 2 is 1.88 bits per heavy atom. The second-order valence-electron chi connectivity index (χ2n) is 6.63. The topological polar surface area (TPSA) is 53.9 Å². The van der Waals surface area contributed by atoms with Crippen molar-refractivity contribution in [1.82, 2.24) is 5.32 Å². The van der Waals surface area contributed by atoms with Crippen molar-refractivity contribution in [3.63, 3.8) is 0 Å². The molecule has 4 rings (SSSR count). The van der Waals surface area contributed by atoms with E-state index in [1.165, 1.54) is 30.3 Å². The summed E-state index contributed by atoms with van der Waals surface area (Å²) in [5, 5.41) is 3.66. The van der Waals surface area contributed by atoms with Gasteiger partial charge in [-0.15, -0.1) is 0 Å². The largest absolute Gasteiger partial charge is 0.378 e. The Morgan fingerprint density at radius 3 is 2.60 bits per heavy atom. The van der Waals surface area contributed by atoms with Crippen LogP contribution in [0, 0.1) is 0 Å². The Bertz CT molecular complexity index is 687. The number of amides is 1. The molecule has 3 fully saturated rings. The maximum atomic E-state index is 12.2. The fourth-order valence-corrected chi connectivity index (χ4v) is 4.33. The Balaban J connectivity index is 1.44. The highest BCUT2D eigenvalue weighted by Crippen LogP contribution is 2.29. The number of hydrogen-bond acceptors (Lipinski definition) is 5. The molecule has 1 saturated carbocycles. The first-order valence-electron chi connectivity index (χ1n) is 8.99. The van der Waals surface area contributed by atoms with Gasteiger partial charge in [0.2, 0.25) is 0 Å². The molecule has 1 aromatic rings. The number of amidine groups is 1. The lowest BCUT2D eigenvalue weighted by molar-refractivity contribution is -0.115. The van der Waals surface area contributed by atoms with Gasteiger partial charge in [-0.05, 0) is 48.4 Å². The van der Waals surface area contributed by atoms with Gasteiger partial charge in [0, 0.05) is 18.8 Å². The van der Waals surface area contributed by atoms with Gasteiger partial charge in [0.05, 0.1) is 24.2 Å². The first kappa shape index (κ1) is 16.7. The van der Waals surface area contributed by atoms with Gasteiger partial charge in [-0.2, -0.15) is 0 Å². The van der Waals surface area contributed by atoms with Crippen molar-refractivity contribution in [1.29, 1.82) is 0 Å². The highest BCUT2D eigenvalue weighted by Gasteiger charge is 2.25. The molecule has 0 spiro atoms. The molecule has 0 unspecified atom stereocenters. The fraction of sp³-hybridized carbons (Fsp3) is 0.474. The van der Waals surface area contributed by atoms with Crippen molar-refractivity contribution in [3.05, 3.63) is 34.7 Å². The molecule has 1 N–H and O–H groups in total. The number of nitrogens with zero attached hydrogens (tertiary/aromatic N) is 2. The van der Waals surface area contributed by atoms with E-state index in [1.807, 2.05) is 6.08 Å². The summed E-state index contributed by atoms with van der Waals surface area (Å²) >= 11 is 1.46. The maximum Gasteiger partial charge on any atom is 0.264 e. The Kier molecular flexibility index (Phi) is 5.08. The summed E-state index contributed by atoms with van der Waals surface area (Å²) in [6.45, 7) is 3.43. The molecule has 6 heteroatoms. The molecule has 3 aliphatic rings. The standard InChI is InChI=1S/C19H23N3O2S/c23-18-17(25-19(21-18)20-15-3-1-2-4-15)13-14-5-7-16(8-6-14)22-9-11-24-12-10-22/h5-8,13,15H,1-4,9-12H2,(H,20,21,23)/b17-13-. The molecular weight excluding hydrogens is 334 g/mol. The number of hydrogen-bond donors (Lipinski definition) is 1. The minimum atomic E-state index is -0.0426. The number of nitrogens with one attached hydrogen (secondary N) is 1. The van der Waals surface area contributed by atoms with E-state index < -0.39 is 0 Å². The predicted octanol–water partition coefficient (Wildman–Crippen LogP) is 3.03. The monoisotopic (exact) mass is 357 g/mol. The quantitative estimate of drug-likeness (QED) is 0.845. The van der Waals surface area contributed by atoms with E-state index in [0.29, 0.717) is 6.04 Å². The van der Waals surface area contributed by atoms with Crippen LogP contribution in [0.4, 0.5) is 5.69 Å². The van der Waals surface area contributed by atoms with Crippen LogP contribution in [-0.4, -0.2) is 43.4 Å². The number of anilines is 1. The molecule has 2 aliphatic heterocycles. The number of aliphatic imine (C=N–C) groups is 1. The second kappa shape index (κ2) is 7.62. The van der Waals surface area contributed by atoms with E-state index in [4.69, 9.17) is 4.74 Å². The number of thioether (sulfide) groups is 1. The number of benzene rings is 1. The zero-order valence-electron chi connectivity index (χ0n) is 14.2. The van der Waals surface area contributed by atoms with Crippen molar-refractivity contribution in [3.8, 4) is 0 Å². The number of ether oxygens (including phenoxy) is 1. The van der Waals surface area contributed by atoms with Crippen molar-refractivity contribution in [2.75, 3.05) is 31.2 Å². The summed E-state index contributed by atoms with van der Waals surface area (Å²) in [5.74, 6) is -0.0426. The van der Waals surface area contributed by atoms with Crippen LogP contribution in [0.5, 0.6) is 0 Å². The van der Waals surface area contributed by atoms with Gasteiger partial charge < -0.3 is 15.0 Å². The van der Waals surface area contributed by atoms with Crippen molar-refractivity contribution in [2.45, 2.75) is 31.7 Å². The van der Waals surface area contributed by atoms with Crippen molar-refractivity contribution in [2.24, 2.45) is 4.99 Å². The molecule has 132 valence electrons. The average molecular weight is 357 g/mol. The molecular formula is C19H23N3O2S. The van der Waals surface area contributed by atoms with Gasteiger partial charge in [-0.1, -0.05) is 25.0 Å². The minimum absolute atomic E-state index is 0.0426. The van der Waals surface area contributed by atoms with Crippen molar-refractivity contribution >= 4 is 34.6 Å². The van der Waals surface area contributed by atoms with E-state index in [1.54, 1.807) is 0 Å². The number of carbonyl (C=O) groups excluding carboxylic acids is 1. The van der Waals surface area contributed by atoms with Gasteiger partial charge in [0.15, 0.2) is 5.17 Å². The number of morpholine rings is 1. The van der Waals surface area contributed by atoms with Crippen molar-refractivity contribution < 1.29 is 9.53 Å². The molecule has 2 heterocycles. The first-order valence-corrected chi connectivity index (χ1v) is 9.81. The van der Waals surface area contributed by atoms with Crippen LogP contribution in [0.15, 0.2) is 34.2 Å². The SMILES string of the molecule is O=C1NC(=NC2CCCC2)S/C1=C\c1ccc(N2CCOCC2)cc1. The molecule has 1 aromatic carbocycles. The van der Waals surface area contributed by atoms with Crippen LogP contribution in [0.25, 0.3) is 6.08 Å². The normalized spacial score (nSPS) is 25.1. The summed E-state index contributed by atoms with van der Waals surface area (Å²) in [6, 6.07) is 8.75. The van der Waals surface area contributed by atoms with E-state index in [2.05, 4.69) is 39.5 Å². The molecule has 0 bridgehead atoms. The molecule has 5 nitrogen and oxygen atoms in total. The van der Waals surface area contributed by atoms with Gasteiger partial charge in [-0.25, -0.2) is 0 Å². The van der Waals surface area contributed by atoms with Gasteiger partial charge in [0.25, 0.3) is 5.91 Å². The minimum Gasteiger partial charge on any atom is -0.378 e. The Hall–Kier alpha value is -1.79. The van der Waals surface area contributed by atoms with Crippen LogP contribution >= 0.6 is 11.8 Å².